The van der Waals surface area contributed by atoms with Gasteiger partial charge in [-0.2, -0.15) is 0 Å². The lowest BCUT2D eigenvalue weighted by molar-refractivity contribution is -0.121. The molecule has 1 amide bonds. The summed E-state index contributed by atoms with van der Waals surface area (Å²) in [5.74, 6) is 0.639. The molecular weight excluding hydrogens is 304 g/mol. The molecule has 1 aromatic carbocycles. The highest BCUT2D eigenvalue weighted by Crippen LogP contribution is 2.16. The van der Waals surface area contributed by atoms with Crippen molar-refractivity contribution in [3.05, 3.63) is 34.3 Å². The van der Waals surface area contributed by atoms with Crippen LogP contribution in [0.25, 0.3) is 0 Å². The number of carbonyl (C=O) groups is 1. The maximum atomic E-state index is 12.1. The fourth-order valence-corrected chi connectivity index (χ4v) is 2.89. The predicted molar refractivity (Wildman–Crippen MR) is 81.0 cm³/mol. The van der Waals surface area contributed by atoms with Gasteiger partial charge in [0, 0.05) is 16.6 Å². The standard InChI is InChI=1S/C15H21BrN2O/c1-10-7-8-17-11(2)15(10)18-14(19)9-12-3-5-13(16)6-4-12/h3-6,10-11,15,17H,7-9H2,1-2H3,(H,18,19). The molecule has 0 radical (unpaired) electrons. The molecule has 0 saturated carbocycles. The Morgan fingerprint density at radius 3 is 2.68 bits per heavy atom. The first-order valence-electron chi connectivity index (χ1n) is 6.83. The average molecular weight is 325 g/mol. The summed E-state index contributed by atoms with van der Waals surface area (Å²) in [5, 5.41) is 6.59. The summed E-state index contributed by atoms with van der Waals surface area (Å²) in [7, 11) is 0. The van der Waals surface area contributed by atoms with Gasteiger partial charge in [-0.3, -0.25) is 4.79 Å². The highest BCUT2D eigenvalue weighted by atomic mass is 79.9. The Bertz CT molecular complexity index is 422. The van der Waals surface area contributed by atoms with Crippen molar-refractivity contribution in [2.75, 3.05) is 6.54 Å². The van der Waals surface area contributed by atoms with Crippen LogP contribution >= 0.6 is 15.9 Å². The number of benzene rings is 1. The molecule has 1 heterocycles. The minimum Gasteiger partial charge on any atom is -0.351 e. The number of hydrogen-bond donors (Lipinski definition) is 2. The number of halogens is 1. The summed E-state index contributed by atoms with van der Waals surface area (Å²) in [4.78, 5) is 12.1. The molecule has 1 saturated heterocycles. The number of nitrogens with one attached hydrogen (secondary N) is 2. The van der Waals surface area contributed by atoms with E-state index < -0.39 is 0 Å². The first kappa shape index (κ1) is 14.5. The lowest BCUT2D eigenvalue weighted by atomic mass is 9.89. The molecule has 1 fully saturated rings. The largest absolute Gasteiger partial charge is 0.351 e. The van der Waals surface area contributed by atoms with E-state index in [0.717, 1.165) is 23.0 Å². The molecule has 2 rings (SSSR count). The molecule has 4 heteroatoms. The minimum atomic E-state index is 0.106. The summed E-state index contributed by atoms with van der Waals surface area (Å²) in [6, 6.07) is 8.48. The van der Waals surface area contributed by atoms with Crippen LogP contribution in [0, 0.1) is 5.92 Å². The van der Waals surface area contributed by atoms with Crippen molar-refractivity contribution >= 4 is 21.8 Å². The van der Waals surface area contributed by atoms with Gasteiger partial charge in [0.15, 0.2) is 0 Å². The second kappa shape index (κ2) is 6.53. The second-order valence-corrected chi connectivity index (χ2v) is 6.32. The third-order valence-electron chi connectivity index (χ3n) is 3.82. The Kier molecular flexibility index (Phi) is 4.99. The van der Waals surface area contributed by atoms with Crippen LogP contribution in [0.15, 0.2) is 28.7 Å². The molecular formula is C15H21BrN2O. The summed E-state index contributed by atoms with van der Waals surface area (Å²) in [6.07, 6.45) is 1.57. The van der Waals surface area contributed by atoms with Gasteiger partial charge in [0.25, 0.3) is 0 Å². The second-order valence-electron chi connectivity index (χ2n) is 5.41. The molecule has 104 valence electrons. The van der Waals surface area contributed by atoms with E-state index in [0.29, 0.717) is 18.4 Å². The topological polar surface area (TPSA) is 41.1 Å². The molecule has 0 aromatic heterocycles. The van der Waals surface area contributed by atoms with E-state index in [1.54, 1.807) is 0 Å². The highest BCUT2D eigenvalue weighted by Gasteiger charge is 2.28. The Balaban J connectivity index is 1.91. The van der Waals surface area contributed by atoms with E-state index in [1.807, 2.05) is 24.3 Å². The zero-order valence-electron chi connectivity index (χ0n) is 11.4. The molecule has 3 atom stereocenters. The third-order valence-corrected chi connectivity index (χ3v) is 4.35. The van der Waals surface area contributed by atoms with Crippen molar-refractivity contribution in [1.29, 1.82) is 0 Å². The van der Waals surface area contributed by atoms with Crippen LogP contribution in [0.3, 0.4) is 0 Å². The SMILES string of the molecule is CC1CCNC(C)C1NC(=O)Cc1ccc(Br)cc1. The van der Waals surface area contributed by atoms with Crippen molar-refractivity contribution in [2.45, 2.75) is 38.8 Å². The van der Waals surface area contributed by atoms with E-state index in [-0.39, 0.29) is 11.9 Å². The predicted octanol–water partition coefficient (Wildman–Crippen LogP) is 2.49. The summed E-state index contributed by atoms with van der Waals surface area (Å²) >= 11 is 3.40. The van der Waals surface area contributed by atoms with E-state index in [4.69, 9.17) is 0 Å². The van der Waals surface area contributed by atoms with Crippen LogP contribution in [0.2, 0.25) is 0 Å². The van der Waals surface area contributed by atoms with Crippen molar-refractivity contribution < 1.29 is 4.79 Å². The molecule has 0 bridgehead atoms. The first-order chi connectivity index (χ1) is 9.06. The number of piperidine rings is 1. The number of hydrogen-bond acceptors (Lipinski definition) is 2. The quantitative estimate of drug-likeness (QED) is 0.896. The molecule has 3 unspecified atom stereocenters. The van der Waals surface area contributed by atoms with Crippen molar-refractivity contribution in [2.24, 2.45) is 5.92 Å². The van der Waals surface area contributed by atoms with Crippen LogP contribution in [0.1, 0.15) is 25.8 Å². The third kappa shape index (κ3) is 4.05. The van der Waals surface area contributed by atoms with Gasteiger partial charge in [0.2, 0.25) is 5.91 Å². The zero-order valence-corrected chi connectivity index (χ0v) is 13.0. The van der Waals surface area contributed by atoms with Gasteiger partial charge in [-0.05, 0) is 43.5 Å². The highest BCUT2D eigenvalue weighted by molar-refractivity contribution is 9.10. The number of amides is 1. The Morgan fingerprint density at radius 1 is 1.37 bits per heavy atom. The first-order valence-corrected chi connectivity index (χ1v) is 7.63. The maximum absolute atomic E-state index is 12.1. The number of rotatable bonds is 3. The molecule has 1 aliphatic rings. The van der Waals surface area contributed by atoms with Gasteiger partial charge in [0.1, 0.15) is 0 Å². The minimum absolute atomic E-state index is 0.106. The lowest BCUT2D eigenvalue weighted by Gasteiger charge is -2.36. The van der Waals surface area contributed by atoms with Crippen LogP contribution in [0.5, 0.6) is 0 Å². The lowest BCUT2D eigenvalue weighted by Crippen LogP contribution is -2.56. The van der Waals surface area contributed by atoms with Crippen LogP contribution in [-0.2, 0) is 11.2 Å². The van der Waals surface area contributed by atoms with Gasteiger partial charge < -0.3 is 10.6 Å². The van der Waals surface area contributed by atoms with Crippen molar-refractivity contribution in [1.82, 2.24) is 10.6 Å². The van der Waals surface area contributed by atoms with Gasteiger partial charge in [-0.25, -0.2) is 0 Å². The van der Waals surface area contributed by atoms with Crippen molar-refractivity contribution in [3.63, 3.8) is 0 Å². The molecule has 2 N–H and O–H groups in total. The molecule has 3 nitrogen and oxygen atoms in total. The summed E-state index contributed by atoms with van der Waals surface area (Å²) < 4.78 is 1.04. The fourth-order valence-electron chi connectivity index (χ4n) is 2.63. The van der Waals surface area contributed by atoms with Gasteiger partial charge in [0.05, 0.1) is 6.42 Å². The number of carbonyl (C=O) groups excluding carboxylic acids is 1. The van der Waals surface area contributed by atoms with Crippen LogP contribution in [0.4, 0.5) is 0 Å². The molecule has 0 aliphatic carbocycles. The molecule has 19 heavy (non-hydrogen) atoms. The molecule has 0 spiro atoms. The molecule has 1 aliphatic heterocycles. The smallest absolute Gasteiger partial charge is 0.224 e. The van der Waals surface area contributed by atoms with Crippen LogP contribution in [-0.4, -0.2) is 24.5 Å². The maximum Gasteiger partial charge on any atom is 0.224 e. The fraction of sp³-hybridized carbons (Fsp3) is 0.533. The van der Waals surface area contributed by atoms with Gasteiger partial charge >= 0.3 is 0 Å². The van der Waals surface area contributed by atoms with E-state index in [2.05, 4.69) is 40.4 Å². The zero-order chi connectivity index (χ0) is 13.8. The summed E-state index contributed by atoms with van der Waals surface area (Å²) in [6.45, 7) is 5.39. The Labute approximate surface area is 123 Å². The average Bonchev–Trinajstić information content (AvgIpc) is 2.37. The van der Waals surface area contributed by atoms with E-state index >= 15 is 0 Å². The van der Waals surface area contributed by atoms with Crippen LogP contribution < -0.4 is 10.6 Å². The normalized spacial score (nSPS) is 27.0. The Hall–Kier alpha value is -0.870. The van der Waals surface area contributed by atoms with Gasteiger partial charge in [-0.1, -0.05) is 35.0 Å². The summed E-state index contributed by atoms with van der Waals surface area (Å²) in [5.41, 5.74) is 1.05. The molecule has 1 aromatic rings. The Morgan fingerprint density at radius 2 is 2.05 bits per heavy atom. The van der Waals surface area contributed by atoms with Gasteiger partial charge in [-0.15, -0.1) is 0 Å². The van der Waals surface area contributed by atoms with E-state index in [9.17, 15) is 4.79 Å². The van der Waals surface area contributed by atoms with E-state index in [1.165, 1.54) is 0 Å². The monoisotopic (exact) mass is 324 g/mol. The van der Waals surface area contributed by atoms with Crippen molar-refractivity contribution in [3.8, 4) is 0 Å².